The number of hydrazone groups is 1. The standard InChI is InChI=1S/C16H11F3N4O2S/c1-25-9-3-4-10-11(6-9)21-14(24)15(10)23-22-13(26-15)8-2-5-12(20-7-8)16(17,18)19/h2-7,23H,1H3,(H,21,24). The van der Waals surface area contributed by atoms with Gasteiger partial charge < -0.3 is 10.1 Å². The number of nitrogens with one attached hydrogen (secondary N) is 2. The number of ether oxygens (including phenoxy) is 1. The number of rotatable bonds is 2. The molecule has 1 atom stereocenters. The van der Waals surface area contributed by atoms with E-state index < -0.39 is 16.7 Å². The van der Waals surface area contributed by atoms with E-state index in [-0.39, 0.29) is 5.91 Å². The van der Waals surface area contributed by atoms with Gasteiger partial charge in [-0.15, -0.1) is 0 Å². The maximum absolute atomic E-state index is 12.6. The molecule has 134 valence electrons. The van der Waals surface area contributed by atoms with Gasteiger partial charge in [-0.2, -0.15) is 18.3 Å². The summed E-state index contributed by atoms with van der Waals surface area (Å²) >= 11 is 1.12. The van der Waals surface area contributed by atoms with Gasteiger partial charge in [-0.25, -0.2) is 0 Å². The normalized spacial score (nSPS) is 21.2. The lowest BCUT2D eigenvalue weighted by Gasteiger charge is -2.19. The maximum atomic E-state index is 12.6. The number of anilines is 1. The predicted octanol–water partition coefficient (Wildman–Crippen LogP) is 2.91. The summed E-state index contributed by atoms with van der Waals surface area (Å²) in [5.74, 6) is 0.279. The number of benzene rings is 1. The van der Waals surface area contributed by atoms with E-state index in [0.29, 0.717) is 27.6 Å². The van der Waals surface area contributed by atoms with E-state index in [9.17, 15) is 18.0 Å². The first kappa shape index (κ1) is 16.7. The number of hydrogen-bond donors (Lipinski definition) is 2. The first-order valence-electron chi connectivity index (χ1n) is 7.41. The summed E-state index contributed by atoms with van der Waals surface area (Å²) < 4.78 is 43.1. The number of amides is 1. The van der Waals surface area contributed by atoms with E-state index in [1.54, 1.807) is 18.2 Å². The number of alkyl halides is 3. The molecular weight excluding hydrogens is 369 g/mol. The van der Waals surface area contributed by atoms with E-state index >= 15 is 0 Å². The van der Waals surface area contributed by atoms with Gasteiger partial charge in [0, 0.05) is 23.4 Å². The molecule has 2 N–H and O–H groups in total. The summed E-state index contributed by atoms with van der Waals surface area (Å²) in [6.45, 7) is 0. The molecule has 1 spiro atoms. The van der Waals surface area contributed by atoms with Gasteiger partial charge in [-0.05, 0) is 24.3 Å². The average molecular weight is 380 g/mol. The van der Waals surface area contributed by atoms with Crippen LogP contribution in [0.2, 0.25) is 0 Å². The Morgan fingerprint density at radius 1 is 1.23 bits per heavy atom. The Bertz CT molecular complexity index is 930. The van der Waals surface area contributed by atoms with Gasteiger partial charge in [0.2, 0.25) is 4.87 Å². The molecule has 0 aliphatic carbocycles. The van der Waals surface area contributed by atoms with Gasteiger partial charge in [0.1, 0.15) is 16.5 Å². The molecule has 1 unspecified atom stereocenters. The predicted molar refractivity (Wildman–Crippen MR) is 89.8 cm³/mol. The molecule has 1 aromatic heterocycles. The summed E-state index contributed by atoms with van der Waals surface area (Å²) in [5.41, 5.74) is 3.49. The number of nitrogens with zero attached hydrogens (tertiary/aromatic N) is 2. The van der Waals surface area contributed by atoms with Crippen molar-refractivity contribution in [2.75, 3.05) is 12.4 Å². The van der Waals surface area contributed by atoms with Crippen LogP contribution < -0.4 is 15.5 Å². The molecular formula is C16H11F3N4O2S. The van der Waals surface area contributed by atoms with Crippen LogP contribution in [0, 0.1) is 0 Å². The lowest BCUT2D eigenvalue weighted by Crippen LogP contribution is -2.39. The molecule has 0 bridgehead atoms. The number of thioether (sulfide) groups is 1. The zero-order chi connectivity index (χ0) is 18.5. The molecule has 4 rings (SSSR count). The first-order chi connectivity index (χ1) is 12.3. The highest BCUT2D eigenvalue weighted by molar-refractivity contribution is 8.16. The Morgan fingerprint density at radius 2 is 2.04 bits per heavy atom. The van der Waals surface area contributed by atoms with Gasteiger partial charge in [0.25, 0.3) is 5.91 Å². The zero-order valence-corrected chi connectivity index (χ0v) is 14.0. The van der Waals surface area contributed by atoms with Crippen LogP contribution in [0.4, 0.5) is 18.9 Å². The van der Waals surface area contributed by atoms with E-state index in [4.69, 9.17) is 4.74 Å². The lowest BCUT2D eigenvalue weighted by molar-refractivity contribution is -0.141. The second-order valence-electron chi connectivity index (χ2n) is 5.61. The van der Waals surface area contributed by atoms with Crippen LogP contribution in [0.1, 0.15) is 16.8 Å². The topological polar surface area (TPSA) is 75.6 Å². The summed E-state index contributed by atoms with van der Waals surface area (Å²) in [6.07, 6.45) is -3.41. The number of aromatic nitrogens is 1. The van der Waals surface area contributed by atoms with Crippen molar-refractivity contribution in [3.05, 3.63) is 53.3 Å². The lowest BCUT2D eigenvalue weighted by atomic mass is 10.1. The molecule has 6 nitrogen and oxygen atoms in total. The average Bonchev–Trinajstić information content (AvgIpc) is 3.17. The van der Waals surface area contributed by atoms with E-state index in [0.717, 1.165) is 24.0 Å². The Morgan fingerprint density at radius 3 is 2.69 bits per heavy atom. The third-order valence-corrected chi connectivity index (χ3v) is 5.36. The summed E-state index contributed by atoms with van der Waals surface area (Å²) in [5, 5.41) is 7.29. The molecule has 2 aromatic rings. The minimum atomic E-state index is -4.51. The number of pyridine rings is 1. The van der Waals surface area contributed by atoms with Crippen molar-refractivity contribution in [2.24, 2.45) is 5.10 Å². The van der Waals surface area contributed by atoms with Crippen LogP contribution in [-0.2, 0) is 15.8 Å². The van der Waals surface area contributed by atoms with Gasteiger partial charge in [0.05, 0.1) is 12.8 Å². The maximum Gasteiger partial charge on any atom is 0.433 e. The van der Waals surface area contributed by atoms with E-state index in [1.807, 2.05) is 0 Å². The molecule has 2 aliphatic rings. The third-order valence-electron chi connectivity index (χ3n) is 4.04. The Balaban J connectivity index is 1.63. The number of halogens is 3. The van der Waals surface area contributed by atoms with Crippen molar-refractivity contribution in [1.29, 1.82) is 0 Å². The largest absolute Gasteiger partial charge is 0.497 e. The van der Waals surface area contributed by atoms with Crippen LogP contribution in [0.15, 0.2) is 41.6 Å². The second kappa shape index (κ2) is 5.63. The van der Waals surface area contributed by atoms with Crippen molar-refractivity contribution in [2.45, 2.75) is 11.0 Å². The molecule has 0 saturated carbocycles. The van der Waals surface area contributed by atoms with Gasteiger partial charge in [-0.1, -0.05) is 11.8 Å². The molecule has 10 heteroatoms. The van der Waals surface area contributed by atoms with Crippen LogP contribution >= 0.6 is 11.8 Å². The minimum Gasteiger partial charge on any atom is -0.497 e. The van der Waals surface area contributed by atoms with Crippen molar-refractivity contribution in [3.8, 4) is 5.75 Å². The monoisotopic (exact) mass is 380 g/mol. The highest BCUT2D eigenvalue weighted by Crippen LogP contribution is 2.48. The molecule has 1 amide bonds. The van der Waals surface area contributed by atoms with Crippen molar-refractivity contribution in [1.82, 2.24) is 10.4 Å². The van der Waals surface area contributed by atoms with E-state index in [1.165, 1.54) is 13.2 Å². The SMILES string of the molecule is COc1ccc2c(c1)NC(=O)C21NN=C(c2ccc(C(F)(F)F)nc2)S1. The summed E-state index contributed by atoms with van der Waals surface area (Å²) in [4.78, 5) is 14.8. The quantitative estimate of drug-likeness (QED) is 0.838. The van der Waals surface area contributed by atoms with Crippen LogP contribution in [0.25, 0.3) is 0 Å². The molecule has 1 aromatic carbocycles. The highest BCUT2D eigenvalue weighted by Gasteiger charge is 2.52. The number of fused-ring (bicyclic) bond motifs is 2. The fourth-order valence-corrected chi connectivity index (χ4v) is 3.88. The molecule has 2 aliphatic heterocycles. The number of hydrogen-bond acceptors (Lipinski definition) is 6. The number of methoxy groups -OCH3 is 1. The molecule has 0 radical (unpaired) electrons. The van der Waals surface area contributed by atoms with Crippen LogP contribution in [0.3, 0.4) is 0 Å². The smallest absolute Gasteiger partial charge is 0.433 e. The molecule has 3 heterocycles. The van der Waals surface area contributed by atoms with Crippen molar-refractivity contribution in [3.63, 3.8) is 0 Å². The summed E-state index contributed by atoms with van der Waals surface area (Å²) in [7, 11) is 1.52. The number of carbonyl (C=O) groups excluding carboxylic acids is 1. The fourth-order valence-electron chi connectivity index (χ4n) is 2.74. The van der Waals surface area contributed by atoms with Gasteiger partial charge >= 0.3 is 6.18 Å². The van der Waals surface area contributed by atoms with Crippen molar-refractivity contribution < 1.29 is 22.7 Å². The minimum absolute atomic E-state index is 0.315. The first-order valence-corrected chi connectivity index (χ1v) is 8.22. The molecule has 0 saturated heterocycles. The zero-order valence-electron chi connectivity index (χ0n) is 13.2. The van der Waals surface area contributed by atoms with Gasteiger partial charge in [0.15, 0.2) is 0 Å². The fraction of sp³-hybridized carbons (Fsp3) is 0.188. The third kappa shape index (κ3) is 2.48. The molecule has 0 fully saturated rings. The van der Waals surface area contributed by atoms with Gasteiger partial charge in [-0.3, -0.25) is 15.2 Å². The van der Waals surface area contributed by atoms with E-state index in [2.05, 4.69) is 20.8 Å². The Labute approximate surface area is 149 Å². The summed E-state index contributed by atoms with van der Waals surface area (Å²) in [6, 6.07) is 7.33. The van der Waals surface area contributed by atoms with Crippen LogP contribution in [-0.4, -0.2) is 23.0 Å². The highest BCUT2D eigenvalue weighted by atomic mass is 32.2. The number of carbonyl (C=O) groups is 1. The molecule has 26 heavy (non-hydrogen) atoms. The Kier molecular flexibility index (Phi) is 3.62. The Hall–Kier alpha value is -2.75. The van der Waals surface area contributed by atoms with Crippen LogP contribution in [0.5, 0.6) is 5.75 Å². The van der Waals surface area contributed by atoms with Crippen molar-refractivity contribution >= 4 is 28.4 Å². The second-order valence-corrected chi connectivity index (χ2v) is 6.81.